The molecule has 0 spiro atoms. The van der Waals surface area contributed by atoms with Gasteiger partial charge in [0.2, 0.25) is 5.91 Å². The van der Waals surface area contributed by atoms with E-state index in [4.69, 9.17) is 5.11 Å². The van der Waals surface area contributed by atoms with E-state index in [-0.39, 0.29) is 11.8 Å². The average molecular weight is 174 g/mol. The molecule has 4 heteroatoms. The van der Waals surface area contributed by atoms with E-state index in [0.717, 1.165) is 33.0 Å². The largest absolute Gasteiger partial charge is 0.400 e. The molecule has 1 fully saturated rings. The number of aliphatic hydroxyl groups is 1. The van der Waals surface area contributed by atoms with Gasteiger partial charge in [0.25, 0.3) is 0 Å². The van der Waals surface area contributed by atoms with Crippen LogP contribution in [-0.2, 0) is 4.79 Å². The minimum Gasteiger partial charge on any atom is -0.400 e. The number of carbonyl (C=O) groups is 1. The first kappa shape index (κ1) is 11.4. The van der Waals surface area contributed by atoms with Gasteiger partial charge in [0, 0.05) is 20.7 Å². The van der Waals surface area contributed by atoms with Crippen molar-refractivity contribution in [3.8, 4) is 0 Å². The Labute approximate surface area is 73.3 Å². The van der Waals surface area contributed by atoms with Crippen molar-refractivity contribution >= 4 is 5.91 Å². The summed E-state index contributed by atoms with van der Waals surface area (Å²) >= 11 is 0. The van der Waals surface area contributed by atoms with Gasteiger partial charge in [-0.25, -0.2) is 0 Å². The lowest BCUT2D eigenvalue weighted by Gasteiger charge is -2.20. The fourth-order valence-corrected chi connectivity index (χ4v) is 1.28. The summed E-state index contributed by atoms with van der Waals surface area (Å²) in [4.78, 5) is 11.0. The van der Waals surface area contributed by atoms with Crippen molar-refractivity contribution in [1.29, 1.82) is 0 Å². The molecular formula is C8H18N2O2. The Bertz CT molecular complexity index is 122. The van der Waals surface area contributed by atoms with Crippen molar-refractivity contribution in [3.63, 3.8) is 0 Å². The fraction of sp³-hybridized carbons (Fsp3) is 0.875. The Kier molecular flexibility index (Phi) is 6.70. The lowest BCUT2D eigenvalue weighted by atomic mass is 9.99. The van der Waals surface area contributed by atoms with Gasteiger partial charge in [-0.3, -0.25) is 4.79 Å². The number of hydrogen-bond acceptors (Lipinski definition) is 3. The normalized spacial score (nSPS) is 22.1. The van der Waals surface area contributed by atoms with E-state index < -0.39 is 0 Å². The van der Waals surface area contributed by atoms with Crippen LogP contribution in [0.1, 0.15) is 12.8 Å². The van der Waals surface area contributed by atoms with Gasteiger partial charge in [0.05, 0.1) is 5.92 Å². The van der Waals surface area contributed by atoms with Gasteiger partial charge in [-0.2, -0.15) is 0 Å². The molecule has 12 heavy (non-hydrogen) atoms. The molecular weight excluding hydrogens is 156 g/mol. The smallest absolute Gasteiger partial charge is 0.224 e. The van der Waals surface area contributed by atoms with Crippen LogP contribution < -0.4 is 10.6 Å². The fourth-order valence-electron chi connectivity index (χ4n) is 1.28. The lowest BCUT2D eigenvalue weighted by molar-refractivity contribution is -0.124. The number of piperidine rings is 1. The van der Waals surface area contributed by atoms with Crippen molar-refractivity contribution in [2.45, 2.75) is 12.8 Å². The first-order valence-electron chi connectivity index (χ1n) is 4.21. The van der Waals surface area contributed by atoms with E-state index in [0.29, 0.717) is 0 Å². The van der Waals surface area contributed by atoms with Gasteiger partial charge in [-0.15, -0.1) is 0 Å². The number of carbonyl (C=O) groups excluding carboxylic acids is 1. The Morgan fingerprint density at radius 2 is 2.25 bits per heavy atom. The molecule has 0 bridgehead atoms. The molecule has 0 aliphatic carbocycles. The van der Waals surface area contributed by atoms with E-state index in [2.05, 4.69) is 10.6 Å². The van der Waals surface area contributed by atoms with Crippen LogP contribution in [0.5, 0.6) is 0 Å². The second-order valence-electron chi connectivity index (χ2n) is 2.66. The maximum atomic E-state index is 11.0. The van der Waals surface area contributed by atoms with Crippen LogP contribution in [-0.4, -0.2) is 38.3 Å². The molecule has 3 N–H and O–H groups in total. The van der Waals surface area contributed by atoms with Crippen LogP contribution in [0.3, 0.4) is 0 Å². The van der Waals surface area contributed by atoms with Crippen molar-refractivity contribution in [2.75, 3.05) is 27.2 Å². The first-order valence-corrected chi connectivity index (χ1v) is 4.21. The Morgan fingerprint density at radius 3 is 2.67 bits per heavy atom. The van der Waals surface area contributed by atoms with E-state index in [1.165, 1.54) is 0 Å². The molecule has 1 heterocycles. The summed E-state index contributed by atoms with van der Waals surface area (Å²) < 4.78 is 0. The van der Waals surface area contributed by atoms with Crippen LogP contribution >= 0.6 is 0 Å². The summed E-state index contributed by atoms with van der Waals surface area (Å²) in [5.74, 6) is 0.381. The highest BCUT2D eigenvalue weighted by atomic mass is 16.2. The zero-order valence-electron chi connectivity index (χ0n) is 7.76. The summed E-state index contributed by atoms with van der Waals surface area (Å²) in [6.45, 7) is 1.91. The minimum atomic E-state index is 0.173. The van der Waals surface area contributed by atoms with Gasteiger partial charge in [-0.05, 0) is 19.4 Å². The first-order chi connectivity index (χ1) is 5.84. The third kappa shape index (κ3) is 3.69. The molecule has 1 amide bonds. The average Bonchev–Trinajstić information content (AvgIpc) is 2.21. The Morgan fingerprint density at radius 1 is 1.58 bits per heavy atom. The zero-order valence-corrected chi connectivity index (χ0v) is 7.76. The third-order valence-corrected chi connectivity index (χ3v) is 1.91. The Balaban J connectivity index is 0.000000561. The molecule has 4 nitrogen and oxygen atoms in total. The highest BCUT2D eigenvalue weighted by Gasteiger charge is 2.18. The molecule has 0 unspecified atom stereocenters. The zero-order chi connectivity index (χ0) is 9.40. The second kappa shape index (κ2) is 7.06. The summed E-state index contributed by atoms with van der Waals surface area (Å²) in [5.41, 5.74) is 0. The SMILES string of the molecule is CNC(=O)[C@@H]1CCCNC1.CO. The number of hydrogen-bond donors (Lipinski definition) is 3. The monoisotopic (exact) mass is 174 g/mol. The van der Waals surface area contributed by atoms with Gasteiger partial charge in [-0.1, -0.05) is 0 Å². The highest BCUT2D eigenvalue weighted by Crippen LogP contribution is 2.08. The number of aliphatic hydroxyl groups excluding tert-OH is 1. The lowest BCUT2D eigenvalue weighted by Crippen LogP contribution is -2.39. The van der Waals surface area contributed by atoms with Gasteiger partial charge < -0.3 is 15.7 Å². The highest BCUT2D eigenvalue weighted by molar-refractivity contribution is 5.78. The second-order valence-corrected chi connectivity index (χ2v) is 2.66. The molecule has 0 aromatic carbocycles. The maximum absolute atomic E-state index is 11.0. The minimum absolute atomic E-state index is 0.173. The molecule has 0 saturated carbocycles. The van der Waals surface area contributed by atoms with Crippen LogP contribution in [0, 0.1) is 5.92 Å². The Hall–Kier alpha value is -0.610. The number of nitrogens with one attached hydrogen (secondary N) is 2. The third-order valence-electron chi connectivity index (χ3n) is 1.91. The summed E-state index contributed by atoms with van der Waals surface area (Å²) in [7, 11) is 2.69. The van der Waals surface area contributed by atoms with Crippen LogP contribution in [0.2, 0.25) is 0 Å². The standard InChI is InChI=1S/C7H14N2O.CH4O/c1-8-7(10)6-3-2-4-9-5-6;1-2/h6,9H,2-5H2,1H3,(H,8,10);2H,1H3/t6-;/m1./s1. The molecule has 0 aromatic rings. The van der Waals surface area contributed by atoms with Crippen LogP contribution in [0.15, 0.2) is 0 Å². The summed E-state index contributed by atoms with van der Waals surface area (Å²) in [6, 6.07) is 0. The predicted molar refractivity (Wildman–Crippen MR) is 47.8 cm³/mol. The molecule has 72 valence electrons. The topological polar surface area (TPSA) is 61.4 Å². The summed E-state index contributed by atoms with van der Waals surface area (Å²) in [5, 5.41) is 12.8. The predicted octanol–water partition coefficient (Wildman–Crippen LogP) is -0.659. The number of rotatable bonds is 1. The van der Waals surface area contributed by atoms with E-state index >= 15 is 0 Å². The van der Waals surface area contributed by atoms with E-state index in [1.54, 1.807) is 7.05 Å². The molecule has 1 rings (SSSR count). The molecule has 1 aliphatic heterocycles. The van der Waals surface area contributed by atoms with E-state index in [1.807, 2.05) is 0 Å². The van der Waals surface area contributed by atoms with Gasteiger partial charge in [0.1, 0.15) is 0 Å². The quantitative estimate of drug-likeness (QED) is 0.494. The number of amides is 1. The van der Waals surface area contributed by atoms with Crippen molar-refractivity contribution in [2.24, 2.45) is 5.92 Å². The summed E-state index contributed by atoms with van der Waals surface area (Å²) in [6.07, 6.45) is 2.16. The molecule has 1 atom stereocenters. The molecule has 1 aliphatic rings. The van der Waals surface area contributed by atoms with Crippen LogP contribution in [0.4, 0.5) is 0 Å². The molecule has 0 aromatic heterocycles. The maximum Gasteiger partial charge on any atom is 0.224 e. The molecule has 1 saturated heterocycles. The van der Waals surface area contributed by atoms with Gasteiger partial charge >= 0.3 is 0 Å². The van der Waals surface area contributed by atoms with Crippen molar-refractivity contribution < 1.29 is 9.90 Å². The van der Waals surface area contributed by atoms with Crippen molar-refractivity contribution in [1.82, 2.24) is 10.6 Å². The van der Waals surface area contributed by atoms with Gasteiger partial charge in [0.15, 0.2) is 0 Å². The van der Waals surface area contributed by atoms with Crippen molar-refractivity contribution in [3.05, 3.63) is 0 Å². The van der Waals surface area contributed by atoms with E-state index in [9.17, 15) is 4.79 Å². The molecule has 0 radical (unpaired) electrons. The van der Waals surface area contributed by atoms with Crippen LogP contribution in [0.25, 0.3) is 0 Å².